The first kappa shape index (κ1) is 27.7. The number of aliphatic hydroxyl groups excluding tert-OH is 1. The van der Waals surface area contributed by atoms with Crippen LogP contribution in [0.2, 0.25) is 5.02 Å². The van der Waals surface area contributed by atoms with E-state index in [9.17, 15) is 18.3 Å². The lowest BCUT2D eigenvalue weighted by molar-refractivity contribution is -0.306. The third-order valence-electron chi connectivity index (χ3n) is 6.65. The third kappa shape index (κ3) is 5.41. The van der Waals surface area contributed by atoms with E-state index in [0.717, 1.165) is 17.7 Å². The molecule has 0 spiro atoms. The van der Waals surface area contributed by atoms with Crippen LogP contribution in [0.25, 0.3) is 11.1 Å². The van der Waals surface area contributed by atoms with Crippen molar-refractivity contribution in [3.8, 4) is 11.1 Å². The zero-order chi connectivity index (χ0) is 28.0. The second kappa shape index (κ2) is 11.4. The molecule has 2 saturated heterocycles. The van der Waals surface area contributed by atoms with E-state index in [1.165, 1.54) is 35.0 Å². The molecular formula is C27H20BrClF3N3O4S. The lowest BCUT2D eigenvalue weighted by atomic mass is 9.96. The minimum absolute atomic E-state index is 0.0932. The summed E-state index contributed by atoms with van der Waals surface area (Å²) in [5.41, 5.74) is 0.399. The van der Waals surface area contributed by atoms with Crippen LogP contribution in [0.4, 0.5) is 13.2 Å². The molecule has 4 heterocycles. The molecule has 2 aromatic heterocycles. The van der Waals surface area contributed by atoms with Gasteiger partial charge < -0.3 is 19.3 Å². The SMILES string of the molecule is OC1C(n2cc(-c3cc(F)c(F)c(F)c3)cn2)[C@H]2OC(c3ccccc3)OCC2O[C@@H]1Sc1cc(Cl)cnc1Br. The highest BCUT2D eigenvalue weighted by molar-refractivity contribution is 9.10. The van der Waals surface area contributed by atoms with Gasteiger partial charge in [0.1, 0.15) is 34.4 Å². The number of rotatable bonds is 5. The Hall–Kier alpha value is -2.45. The van der Waals surface area contributed by atoms with Gasteiger partial charge in [-0.25, -0.2) is 18.2 Å². The standard InChI is InChI=1S/C27H20BrClF3N3O4S/c28-25-20(8-16(29)10-33-25)40-27-23(36)22(24-19(38-27)12-37-26(39-24)13-4-2-1-3-5-13)35-11-15(9-34-35)14-6-17(30)21(32)18(31)7-14/h1-11,19,22-24,26-27,36H,12H2/t19?,22?,23?,24-,26?,27+/m0/s1. The first-order valence-electron chi connectivity index (χ1n) is 12.1. The van der Waals surface area contributed by atoms with Gasteiger partial charge in [0.05, 0.1) is 17.8 Å². The average molecular weight is 655 g/mol. The fourth-order valence-corrected chi connectivity index (χ4v) is 6.56. The Morgan fingerprint density at radius 3 is 2.52 bits per heavy atom. The molecule has 6 atom stereocenters. The Labute approximate surface area is 244 Å². The van der Waals surface area contributed by atoms with E-state index in [1.54, 1.807) is 6.07 Å². The van der Waals surface area contributed by atoms with Gasteiger partial charge >= 0.3 is 0 Å². The summed E-state index contributed by atoms with van der Waals surface area (Å²) in [6.45, 7) is 0.169. The lowest BCUT2D eigenvalue weighted by Gasteiger charge is -2.48. The fraction of sp³-hybridized carbons (Fsp3) is 0.259. The Kier molecular flexibility index (Phi) is 7.92. The van der Waals surface area contributed by atoms with Crippen molar-refractivity contribution in [1.29, 1.82) is 0 Å². The monoisotopic (exact) mass is 653 g/mol. The molecule has 208 valence electrons. The van der Waals surface area contributed by atoms with Crippen LogP contribution in [-0.2, 0) is 14.2 Å². The molecule has 4 unspecified atom stereocenters. The number of nitrogens with zero attached hydrogens (tertiary/aromatic N) is 3. The van der Waals surface area contributed by atoms with E-state index < -0.39 is 53.5 Å². The quantitative estimate of drug-likeness (QED) is 0.200. The number of fused-ring (bicyclic) bond motifs is 1. The van der Waals surface area contributed by atoms with Crippen molar-refractivity contribution in [3.05, 3.63) is 99.8 Å². The molecule has 40 heavy (non-hydrogen) atoms. The summed E-state index contributed by atoms with van der Waals surface area (Å²) in [5.74, 6) is -4.18. The molecule has 0 bridgehead atoms. The zero-order valence-electron chi connectivity index (χ0n) is 20.3. The maximum absolute atomic E-state index is 13.9. The number of halogens is 5. The Bertz CT molecular complexity index is 1510. The number of benzene rings is 2. The topological polar surface area (TPSA) is 78.6 Å². The van der Waals surface area contributed by atoms with Crippen molar-refractivity contribution in [2.45, 2.75) is 41.0 Å². The van der Waals surface area contributed by atoms with Gasteiger partial charge in [0.15, 0.2) is 23.7 Å². The molecule has 0 saturated carbocycles. The lowest BCUT2D eigenvalue weighted by Crippen LogP contribution is -2.58. The van der Waals surface area contributed by atoms with E-state index >= 15 is 0 Å². The Morgan fingerprint density at radius 2 is 1.77 bits per heavy atom. The van der Waals surface area contributed by atoms with Gasteiger partial charge in [-0.1, -0.05) is 53.7 Å². The normalized spacial score (nSPS) is 26.4. The van der Waals surface area contributed by atoms with Gasteiger partial charge in [0, 0.05) is 28.4 Å². The number of thioether (sulfide) groups is 1. The van der Waals surface area contributed by atoms with E-state index in [4.69, 9.17) is 25.8 Å². The van der Waals surface area contributed by atoms with E-state index in [1.807, 2.05) is 30.3 Å². The number of ether oxygens (including phenoxy) is 3. The van der Waals surface area contributed by atoms with Crippen molar-refractivity contribution >= 4 is 39.3 Å². The fourth-order valence-electron chi connectivity index (χ4n) is 4.75. The number of hydrogen-bond acceptors (Lipinski definition) is 7. The smallest absolute Gasteiger partial charge is 0.194 e. The largest absolute Gasteiger partial charge is 0.387 e. The Balaban J connectivity index is 1.35. The highest BCUT2D eigenvalue weighted by Gasteiger charge is 2.51. The molecule has 1 N–H and O–H groups in total. The summed E-state index contributed by atoms with van der Waals surface area (Å²) in [7, 11) is 0. The maximum atomic E-state index is 13.9. The minimum atomic E-state index is -1.55. The molecule has 0 radical (unpaired) electrons. The van der Waals surface area contributed by atoms with Crippen LogP contribution in [-0.4, -0.2) is 50.2 Å². The van der Waals surface area contributed by atoms with Gasteiger partial charge in [-0.3, -0.25) is 4.68 Å². The minimum Gasteiger partial charge on any atom is -0.387 e. The van der Waals surface area contributed by atoms with Crippen molar-refractivity contribution < 1.29 is 32.5 Å². The van der Waals surface area contributed by atoms with Gasteiger partial charge in [0.2, 0.25) is 0 Å². The molecule has 0 aliphatic carbocycles. The Morgan fingerprint density at radius 1 is 1.02 bits per heavy atom. The van der Waals surface area contributed by atoms with Gasteiger partial charge in [-0.2, -0.15) is 5.10 Å². The van der Waals surface area contributed by atoms with Crippen LogP contribution >= 0.6 is 39.3 Å². The molecule has 6 rings (SSSR count). The molecule has 4 aromatic rings. The van der Waals surface area contributed by atoms with E-state index in [-0.39, 0.29) is 12.2 Å². The summed E-state index contributed by atoms with van der Waals surface area (Å²) in [4.78, 5) is 4.85. The molecule has 2 aliphatic rings. The summed E-state index contributed by atoms with van der Waals surface area (Å²) in [6, 6.07) is 12.0. The van der Waals surface area contributed by atoms with Crippen LogP contribution in [0.15, 0.2) is 76.6 Å². The van der Waals surface area contributed by atoms with Crippen LogP contribution in [0, 0.1) is 17.5 Å². The predicted molar refractivity (Wildman–Crippen MR) is 144 cm³/mol. The molecular weight excluding hydrogens is 635 g/mol. The second-order valence-corrected chi connectivity index (χ2v) is 11.6. The second-order valence-electron chi connectivity index (χ2n) is 9.22. The highest BCUT2D eigenvalue weighted by Crippen LogP contribution is 2.44. The van der Waals surface area contributed by atoms with Gasteiger partial charge in [0.25, 0.3) is 0 Å². The molecule has 13 heteroatoms. The van der Waals surface area contributed by atoms with Gasteiger partial charge in [-0.15, -0.1) is 0 Å². The first-order chi connectivity index (χ1) is 19.3. The average Bonchev–Trinajstić information content (AvgIpc) is 3.44. The summed E-state index contributed by atoms with van der Waals surface area (Å²) in [6.07, 6.45) is 1.22. The third-order valence-corrected chi connectivity index (χ3v) is 8.93. The molecule has 2 fully saturated rings. The number of pyridine rings is 1. The molecule has 0 amide bonds. The van der Waals surface area contributed by atoms with E-state index in [0.29, 0.717) is 20.1 Å². The molecule has 2 aliphatic heterocycles. The van der Waals surface area contributed by atoms with Crippen molar-refractivity contribution in [2.75, 3.05) is 6.61 Å². The zero-order valence-corrected chi connectivity index (χ0v) is 23.5. The van der Waals surface area contributed by atoms with Crippen LogP contribution in [0.3, 0.4) is 0 Å². The van der Waals surface area contributed by atoms with Crippen LogP contribution in [0.5, 0.6) is 0 Å². The molecule has 7 nitrogen and oxygen atoms in total. The number of aliphatic hydroxyl groups is 1. The van der Waals surface area contributed by atoms with Crippen molar-refractivity contribution in [2.24, 2.45) is 0 Å². The number of aromatic nitrogens is 3. The predicted octanol–water partition coefficient (Wildman–Crippen LogP) is 6.31. The van der Waals surface area contributed by atoms with E-state index in [2.05, 4.69) is 26.0 Å². The molecule has 2 aromatic carbocycles. The maximum Gasteiger partial charge on any atom is 0.194 e. The van der Waals surface area contributed by atoms with Crippen LogP contribution < -0.4 is 0 Å². The summed E-state index contributed by atoms with van der Waals surface area (Å²) in [5, 5.41) is 16.5. The van der Waals surface area contributed by atoms with Crippen molar-refractivity contribution in [1.82, 2.24) is 14.8 Å². The number of hydrogen-bond donors (Lipinski definition) is 1. The van der Waals surface area contributed by atoms with Crippen molar-refractivity contribution in [3.63, 3.8) is 0 Å². The van der Waals surface area contributed by atoms with Gasteiger partial charge in [-0.05, 0) is 39.7 Å². The summed E-state index contributed by atoms with van der Waals surface area (Å²) >= 11 is 10.8. The first-order valence-corrected chi connectivity index (χ1v) is 14.2. The van der Waals surface area contributed by atoms with Crippen LogP contribution in [0.1, 0.15) is 17.9 Å². The highest BCUT2D eigenvalue weighted by atomic mass is 79.9. The summed E-state index contributed by atoms with van der Waals surface area (Å²) < 4.78 is 62.0.